The van der Waals surface area contributed by atoms with Gasteiger partial charge in [-0.2, -0.15) is 0 Å². The molecule has 0 radical (unpaired) electrons. The van der Waals surface area contributed by atoms with Crippen LogP contribution < -0.4 is 9.47 Å². The molecule has 27 heavy (non-hydrogen) atoms. The van der Waals surface area contributed by atoms with Crippen molar-refractivity contribution < 1.29 is 19.3 Å². The average molecular weight is 373 g/mol. The summed E-state index contributed by atoms with van der Waals surface area (Å²) in [7, 11) is 3.28. The molecular weight excluding hydrogens is 342 g/mol. The van der Waals surface area contributed by atoms with Gasteiger partial charge in [-0.25, -0.2) is 0 Å². The first-order chi connectivity index (χ1) is 13.0. The molecule has 1 N–H and O–H groups in total. The number of hydrogen-bond donors (Lipinski definition) is 1. The second-order valence-electron chi connectivity index (χ2n) is 6.84. The predicted octanol–water partition coefficient (Wildman–Crippen LogP) is 3.49. The zero-order valence-corrected chi connectivity index (χ0v) is 16.7. The Morgan fingerprint density at radius 1 is 0.926 bits per heavy atom. The molecule has 0 spiro atoms. The van der Waals surface area contributed by atoms with Gasteiger partial charge >= 0.3 is 0 Å². The number of methoxy groups -OCH3 is 2. The number of aliphatic hydroxyl groups excluding tert-OH is 1. The minimum Gasteiger partial charge on any atom is -0.493 e. The highest BCUT2D eigenvalue weighted by Gasteiger charge is 2.17. The van der Waals surface area contributed by atoms with E-state index in [1.807, 2.05) is 50.2 Å². The lowest BCUT2D eigenvalue weighted by Crippen LogP contribution is -2.35. The van der Waals surface area contributed by atoms with Gasteiger partial charge in [0, 0.05) is 25.2 Å². The number of rotatable bonds is 11. The molecule has 0 aromatic heterocycles. The summed E-state index contributed by atoms with van der Waals surface area (Å²) >= 11 is 0. The Bertz CT molecular complexity index is 675. The number of nitrogens with zero attached hydrogens (tertiary/aromatic N) is 1. The summed E-state index contributed by atoms with van der Waals surface area (Å²) in [6.45, 7) is 6.11. The minimum atomic E-state index is -0.562. The van der Waals surface area contributed by atoms with Crippen LogP contribution in [0.4, 0.5) is 0 Å². The molecule has 0 fully saturated rings. The molecule has 5 heteroatoms. The summed E-state index contributed by atoms with van der Waals surface area (Å²) in [5.41, 5.74) is 2.21. The first kappa shape index (κ1) is 21.2. The van der Waals surface area contributed by atoms with Crippen molar-refractivity contribution in [3.63, 3.8) is 0 Å². The first-order valence-corrected chi connectivity index (χ1v) is 9.29. The number of benzene rings is 2. The van der Waals surface area contributed by atoms with Crippen molar-refractivity contribution in [3.8, 4) is 11.5 Å². The number of ether oxygens (including phenoxy) is 3. The van der Waals surface area contributed by atoms with Crippen LogP contribution in [0.1, 0.15) is 25.0 Å². The van der Waals surface area contributed by atoms with Crippen molar-refractivity contribution in [2.45, 2.75) is 39.1 Å². The summed E-state index contributed by atoms with van der Waals surface area (Å²) in [4.78, 5) is 2.20. The quantitative estimate of drug-likeness (QED) is 0.653. The maximum absolute atomic E-state index is 10.4. The summed E-state index contributed by atoms with van der Waals surface area (Å²) in [5, 5.41) is 10.4. The number of aliphatic hydroxyl groups is 1. The highest BCUT2D eigenvalue weighted by molar-refractivity contribution is 5.46. The van der Waals surface area contributed by atoms with E-state index in [4.69, 9.17) is 14.2 Å². The van der Waals surface area contributed by atoms with Gasteiger partial charge in [-0.05, 0) is 25.5 Å². The topological polar surface area (TPSA) is 51.2 Å². The Labute approximate surface area is 162 Å². The third kappa shape index (κ3) is 6.86. The van der Waals surface area contributed by atoms with Crippen LogP contribution in [0.3, 0.4) is 0 Å². The lowest BCUT2D eigenvalue weighted by Gasteiger charge is -2.26. The fourth-order valence-corrected chi connectivity index (χ4v) is 3.00. The Morgan fingerprint density at radius 2 is 1.67 bits per heavy atom. The van der Waals surface area contributed by atoms with Gasteiger partial charge in [-0.1, -0.05) is 42.5 Å². The van der Waals surface area contributed by atoms with Gasteiger partial charge in [0.05, 0.1) is 33.0 Å². The van der Waals surface area contributed by atoms with Gasteiger partial charge in [0.15, 0.2) is 11.5 Å². The van der Waals surface area contributed by atoms with Crippen molar-refractivity contribution in [1.82, 2.24) is 4.90 Å². The molecule has 0 heterocycles. The molecule has 148 valence electrons. The largest absolute Gasteiger partial charge is 0.493 e. The predicted molar refractivity (Wildman–Crippen MR) is 107 cm³/mol. The average Bonchev–Trinajstić information content (AvgIpc) is 2.66. The van der Waals surface area contributed by atoms with E-state index in [9.17, 15) is 5.11 Å². The molecular formula is C22H31NO4. The van der Waals surface area contributed by atoms with Gasteiger partial charge in [-0.15, -0.1) is 0 Å². The van der Waals surface area contributed by atoms with Gasteiger partial charge in [0.25, 0.3) is 0 Å². The molecule has 0 bridgehead atoms. The van der Waals surface area contributed by atoms with E-state index in [0.29, 0.717) is 25.4 Å². The van der Waals surface area contributed by atoms with Crippen molar-refractivity contribution in [2.24, 2.45) is 0 Å². The third-order valence-electron chi connectivity index (χ3n) is 4.22. The normalized spacial score (nSPS) is 12.4. The summed E-state index contributed by atoms with van der Waals surface area (Å²) in [5.74, 6) is 1.43. The van der Waals surface area contributed by atoms with E-state index < -0.39 is 6.10 Å². The van der Waals surface area contributed by atoms with Crippen molar-refractivity contribution in [2.75, 3.05) is 27.4 Å². The summed E-state index contributed by atoms with van der Waals surface area (Å²) in [6, 6.07) is 16.1. The van der Waals surface area contributed by atoms with Crippen LogP contribution in [0.2, 0.25) is 0 Å². The van der Waals surface area contributed by atoms with Crippen molar-refractivity contribution in [1.29, 1.82) is 0 Å². The molecule has 1 atom stereocenters. The second-order valence-corrected chi connectivity index (χ2v) is 6.84. The lowest BCUT2D eigenvalue weighted by molar-refractivity contribution is -0.0107. The van der Waals surface area contributed by atoms with Crippen LogP contribution in [-0.4, -0.2) is 49.6 Å². The van der Waals surface area contributed by atoms with Crippen LogP contribution in [0.25, 0.3) is 0 Å². The van der Waals surface area contributed by atoms with Gasteiger partial charge < -0.3 is 19.3 Å². The Morgan fingerprint density at radius 3 is 2.30 bits per heavy atom. The Kier molecular flexibility index (Phi) is 8.58. The zero-order valence-electron chi connectivity index (χ0n) is 16.7. The Hall–Kier alpha value is -2.08. The molecule has 2 aromatic rings. The van der Waals surface area contributed by atoms with E-state index in [1.165, 1.54) is 5.56 Å². The van der Waals surface area contributed by atoms with Gasteiger partial charge in [0.1, 0.15) is 0 Å². The fourth-order valence-electron chi connectivity index (χ4n) is 3.00. The molecule has 2 aromatic carbocycles. The molecule has 0 saturated heterocycles. The maximum atomic E-state index is 10.4. The van der Waals surface area contributed by atoms with Crippen LogP contribution in [0.15, 0.2) is 48.5 Å². The lowest BCUT2D eigenvalue weighted by atomic mass is 10.1. The van der Waals surface area contributed by atoms with Crippen LogP contribution in [-0.2, 0) is 17.8 Å². The monoisotopic (exact) mass is 373 g/mol. The molecule has 0 unspecified atom stereocenters. The highest BCUT2D eigenvalue weighted by Crippen LogP contribution is 2.31. The molecule has 0 amide bonds. The second kappa shape index (κ2) is 10.9. The van der Waals surface area contributed by atoms with Crippen LogP contribution in [0, 0.1) is 0 Å². The van der Waals surface area contributed by atoms with E-state index in [-0.39, 0.29) is 6.10 Å². The molecule has 0 aliphatic carbocycles. The van der Waals surface area contributed by atoms with Crippen molar-refractivity contribution in [3.05, 3.63) is 59.7 Å². The number of para-hydroxylation sites is 1. The molecule has 2 rings (SSSR count). The molecule has 0 aliphatic heterocycles. The summed E-state index contributed by atoms with van der Waals surface area (Å²) in [6.07, 6.45) is -0.464. The smallest absolute Gasteiger partial charge is 0.165 e. The van der Waals surface area contributed by atoms with Crippen molar-refractivity contribution >= 4 is 0 Å². The third-order valence-corrected chi connectivity index (χ3v) is 4.22. The van der Waals surface area contributed by atoms with Crippen LogP contribution >= 0.6 is 0 Å². The van der Waals surface area contributed by atoms with Gasteiger partial charge in [-0.3, -0.25) is 4.90 Å². The minimum absolute atomic E-state index is 0.0979. The number of hydrogen-bond acceptors (Lipinski definition) is 5. The standard InChI is InChI=1S/C22H31NO4/c1-17(2)27-16-20(24)15-23(13-18-9-6-5-7-10-18)14-19-11-8-12-21(25-3)22(19)26-4/h5-12,17,20,24H,13-16H2,1-4H3/t20-/m0/s1. The van der Waals surface area contributed by atoms with Gasteiger partial charge in [0.2, 0.25) is 0 Å². The molecule has 0 aliphatic rings. The molecule has 5 nitrogen and oxygen atoms in total. The highest BCUT2D eigenvalue weighted by atomic mass is 16.5. The Balaban J connectivity index is 2.16. The van der Waals surface area contributed by atoms with Crippen LogP contribution in [0.5, 0.6) is 11.5 Å². The van der Waals surface area contributed by atoms with E-state index in [2.05, 4.69) is 17.0 Å². The first-order valence-electron chi connectivity index (χ1n) is 9.29. The maximum Gasteiger partial charge on any atom is 0.165 e. The SMILES string of the molecule is COc1cccc(CN(Cc2ccccc2)C[C@H](O)COC(C)C)c1OC. The van der Waals surface area contributed by atoms with E-state index in [0.717, 1.165) is 17.9 Å². The summed E-state index contributed by atoms with van der Waals surface area (Å²) < 4.78 is 16.5. The van der Waals surface area contributed by atoms with E-state index >= 15 is 0 Å². The molecule has 0 saturated carbocycles. The zero-order chi connectivity index (χ0) is 19.6. The fraction of sp³-hybridized carbons (Fsp3) is 0.455. The van der Waals surface area contributed by atoms with E-state index in [1.54, 1.807) is 14.2 Å².